The van der Waals surface area contributed by atoms with E-state index in [4.69, 9.17) is 11.2 Å². The molecular weight excluding hydrogens is 358 g/mol. The van der Waals surface area contributed by atoms with Gasteiger partial charge in [0.25, 0.3) is 11.1 Å². The van der Waals surface area contributed by atoms with Crippen molar-refractivity contribution in [3.05, 3.63) is 27.1 Å². The van der Waals surface area contributed by atoms with Gasteiger partial charge in [0.15, 0.2) is 11.5 Å². The first kappa shape index (κ1) is 15.5. The number of benzene rings is 1. The molecule has 0 aliphatic carbocycles. The number of methoxy groups -OCH3 is 1. The van der Waals surface area contributed by atoms with E-state index in [2.05, 4.69) is 21.9 Å². The summed E-state index contributed by atoms with van der Waals surface area (Å²) >= 11 is 4.07. The summed E-state index contributed by atoms with van der Waals surface area (Å²) in [4.78, 5) is 24.9. The molecule has 2 rings (SSSR count). The molecule has 1 heterocycles. The maximum atomic E-state index is 12.1. The Balaban J connectivity index is 2.42. The van der Waals surface area contributed by atoms with Crippen LogP contribution in [-0.2, 0) is 4.79 Å². The number of thioether (sulfide) groups is 1. The molecule has 1 fully saturated rings. The van der Waals surface area contributed by atoms with E-state index in [0.717, 1.165) is 16.7 Å². The van der Waals surface area contributed by atoms with Crippen molar-refractivity contribution in [1.82, 2.24) is 4.90 Å². The van der Waals surface area contributed by atoms with E-state index < -0.39 is 11.1 Å². The second kappa shape index (κ2) is 6.24. The number of terminal acetylenes is 1. The molecule has 1 aliphatic rings. The lowest BCUT2D eigenvalue weighted by Gasteiger charge is -2.08. The minimum atomic E-state index is -0.471. The Labute approximate surface area is 134 Å². The fraction of sp³-hybridized carbons (Fsp3) is 0.143. The molecule has 0 unspecified atom stereocenters. The van der Waals surface area contributed by atoms with Crippen molar-refractivity contribution in [2.75, 3.05) is 13.7 Å². The van der Waals surface area contributed by atoms with Gasteiger partial charge in [-0.1, -0.05) is 21.9 Å². The summed E-state index contributed by atoms with van der Waals surface area (Å²) in [6.45, 7) is -0.0736. The van der Waals surface area contributed by atoms with Gasteiger partial charge in [-0.3, -0.25) is 14.5 Å². The average molecular weight is 368 g/mol. The number of hydrogen-bond acceptors (Lipinski definition) is 5. The highest BCUT2D eigenvalue weighted by Crippen LogP contribution is 2.38. The molecule has 5 nitrogen and oxygen atoms in total. The van der Waals surface area contributed by atoms with Gasteiger partial charge in [-0.25, -0.2) is 0 Å². The van der Waals surface area contributed by atoms with Crippen molar-refractivity contribution in [3.63, 3.8) is 0 Å². The predicted octanol–water partition coefficient (Wildman–Crippen LogP) is 2.83. The summed E-state index contributed by atoms with van der Waals surface area (Å²) in [5.74, 6) is 1.94. The first-order valence-corrected chi connectivity index (χ1v) is 7.34. The van der Waals surface area contributed by atoms with Crippen molar-refractivity contribution >= 4 is 44.9 Å². The number of phenolic OH excluding ortho intramolecular Hbond substituents is 1. The topological polar surface area (TPSA) is 66.8 Å². The van der Waals surface area contributed by atoms with Gasteiger partial charge in [0.1, 0.15) is 0 Å². The number of nitrogens with zero attached hydrogens (tertiary/aromatic N) is 1. The first-order valence-electron chi connectivity index (χ1n) is 5.73. The van der Waals surface area contributed by atoms with Crippen LogP contribution in [0.1, 0.15) is 5.56 Å². The van der Waals surface area contributed by atoms with E-state index in [1.165, 1.54) is 13.2 Å². The van der Waals surface area contributed by atoms with Gasteiger partial charge in [0.2, 0.25) is 0 Å². The van der Waals surface area contributed by atoms with E-state index in [0.29, 0.717) is 10.0 Å². The van der Waals surface area contributed by atoms with Gasteiger partial charge in [-0.2, -0.15) is 0 Å². The molecule has 7 heteroatoms. The van der Waals surface area contributed by atoms with Crippen LogP contribution in [-0.4, -0.2) is 34.8 Å². The number of amides is 2. The monoisotopic (exact) mass is 367 g/mol. The average Bonchev–Trinajstić information content (AvgIpc) is 2.70. The molecule has 0 atom stereocenters. The second-order valence-corrected chi connectivity index (χ2v) is 5.93. The Morgan fingerprint density at radius 2 is 2.24 bits per heavy atom. The Hall–Kier alpha value is -1.91. The molecule has 1 N–H and O–H groups in total. The van der Waals surface area contributed by atoms with Gasteiger partial charge in [-0.05, 0) is 30.0 Å². The minimum absolute atomic E-state index is 0.0736. The summed E-state index contributed by atoms with van der Waals surface area (Å²) in [7, 11) is 1.42. The third-order valence-corrected chi connectivity index (χ3v) is 4.06. The standard InChI is InChI=1S/C14H10BrNO4S/c1-3-4-16-13(18)11(21-14(16)19)6-8-5-9(15)7-10(20-2)12(8)17/h1,5-7,17H,4H2,2H3/b11-6+. The van der Waals surface area contributed by atoms with Gasteiger partial charge in [0, 0.05) is 10.0 Å². The second-order valence-electron chi connectivity index (χ2n) is 4.02. The number of hydrogen-bond donors (Lipinski definition) is 1. The van der Waals surface area contributed by atoms with Gasteiger partial charge in [-0.15, -0.1) is 6.42 Å². The lowest BCUT2D eigenvalue weighted by atomic mass is 10.1. The van der Waals surface area contributed by atoms with Crippen LogP contribution < -0.4 is 4.74 Å². The molecule has 0 aromatic heterocycles. The van der Waals surface area contributed by atoms with Crippen molar-refractivity contribution in [1.29, 1.82) is 0 Å². The smallest absolute Gasteiger partial charge is 0.294 e. The number of ether oxygens (including phenoxy) is 1. The van der Waals surface area contributed by atoms with Crippen LogP contribution in [0.25, 0.3) is 6.08 Å². The molecular formula is C14H10BrNO4S. The number of carbonyl (C=O) groups is 2. The zero-order valence-electron chi connectivity index (χ0n) is 10.9. The summed E-state index contributed by atoms with van der Waals surface area (Å²) in [6, 6.07) is 3.21. The van der Waals surface area contributed by atoms with Crippen LogP contribution in [0, 0.1) is 12.3 Å². The van der Waals surface area contributed by atoms with Crippen molar-refractivity contribution < 1.29 is 19.4 Å². The molecule has 108 valence electrons. The van der Waals surface area contributed by atoms with Crippen molar-refractivity contribution in [3.8, 4) is 23.8 Å². The molecule has 1 aromatic carbocycles. The Kier molecular flexibility index (Phi) is 4.60. The number of aromatic hydroxyl groups is 1. The Bertz CT molecular complexity index is 693. The third kappa shape index (κ3) is 3.06. The summed E-state index contributed by atoms with van der Waals surface area (Å²) in [5.41, 5.74) is 0.368. The van der Waals surface area contributed by atoms with E-state index in [1.807, 2.05) is 0 Å². The van der Waals surface area contributed by atoms with Crippen molar-refractivity contribution in [2.24, 2.45) is 0 Å². The molecule has 0 bridgehead atoms. The Morgan fingerprint density at radius 1 is 1.52 bits per heavy atom. The number of imide groups is 1. The minimum Gasteiger partial charge on any atom is -0.504 e. The third-order valence-electron chi connectivity index (χ3n) is 2.70. The Morgan fingerprint density at radius 3 is 2.86 bits per heavy atom. The highest BCUT2D eigenvalue weighted by molar-refractivity contribution is 9.10. The predicted molar refractivity (Wildman–Crippen MR) is 83.9 cm³/mol. The van der Waals surface area contributed by atoms with E-state index in [-0.39, 0.29) is 22.9 Å². The molecule has 1 saturated heterocycles. The molecule has 21 heavy (non-hydrogen) atoms. The SMILES string of the molecule is C#CCN1C(=O)S/C(=C/c2cc(Br)cc(OC)c2O)C1=O. The summed E-state index contributed by atoms with van der Waals surface area (Å²) in [6.07, 6.45) is 6.56. The molecule has 1 aliphatic heterocycles. The van der Waals surface area contributed by atoms with Gasteiger partial charge < -0.3 is 9.84 Å². The molecule has 1 aromatic rings. The van der Waals surface area contributed by atoms with E-state index in [9.17, 15) is 14.7 Å². The molecule has 0 saturated carbocycles. The highest BCUT2D eigenvalue weighted by Gasteiger charge is 2.34. The van der Waals surface area contributed by atoms with Crippen LogP contribution in [0.2, 0.25) is 0 Å². The van der Waals surface area contributed by atoms with Crippen LogP contribution in [0.4, 0.5) is 4.79 Å². The maximum absolute atomic E-state index is 12.1. The van der Waals surface area contributed by atoms with Crippen LogP contribution in [0.5, 0.6) is 11.5 Å². The lowest BCUT2D eigenvalue weighted by Crippen LogP contribution is -2.28. The van der Waals surface area contributed by atoms with Gasteiger partial charge in [0.05, 0.1) is 18.6 Å². The fourth-order valence-electron chi connectivity index (χ4n) is 1.73. The van der Waals surface area contributed by atoms with E-state index in [1.54, 1.807) is 12.1 Å². The van der Waals surface area contributed by atoms with E-state index >= 15 is 0 Å². The largest absolute Gasteiger partial charge is 0.504 e. The van der Waals surface area contributed by atoms with Crippen LogP contribution in [0.15, 0.2) is 21.5 Å². The van der Waals surface area contributed by atoms with Crippen LogP contribution in [0.3, 0.4) is 0 Å². The molecule has 0 radical (unpaired) electrons. The highest BCUT2D eigenvalue weighted by atomic mass is 79.9. The lowest BCUT2D eigenvalue weighted by molar-refractivity contribution is -0.122. The zero-order chi connectivity index (χ0) is 15.6. The number of rotatable bonds is 3. The zero-order valence-corrected chi connectivity index (χ0v) is 13.3. The molecule has 2 amide bonds. The summed E-state index contributed by atoms with van der Waals surface area (Å²) in [5, 5.41) is 9.63. The summed E-state index contributed by atoms with van der Waals surface area (Å²) < 4.78 is 5.71. The number of phenols is 1. The van der Waals surface area contributed by atoms with Crippen molar-refractivity contribution in [2.45, 2.75) is 0 Å². The first-order chi connectivity index (χ1) is 9.97. The fourth-order valence-corrected chi connectivity index (χ4v) is 3.01. The normalized spacial score (nSPS) is 16.4. The van der Waals surface area contributed by atoms with Crippen LogP contribution >= 0.6 is 27.7 Å². The number of carbonyl (C=O) groups excluding carboxylic acids is 2. The van der Waals surface area contributed by atoms with Gasteiger partial charge >= 0.3 is 0 Å². The maximum Gasteiger partial charge on any atom is 0.294 e. The number of halogens is 1. The quantitative estimate of drug-likeness (QED) is 0.657. The molecule has 0 spiro atoms.